The van der Waals surface area contributed by atoms with Crippen LogP contribution in [0.2, 0.25) is 0 Å². The SMILES string of the molecule is O=C(O)/C=C\C(=O)Nc1nc2ccccc2[nH]1. The number of carboxylic acid groups (broad SMARTS) is 1. The fourth-order valence-corrected chi connectivity index (χ4v) is 1.32. The highest BCUT2D eigenvalue weighted by atomic mass is 16.4. The number of fused-ring (bicyclic) bond motifs is 1. The van der Waals surface area contributed by atoms with Crippen molar-refractivity contribution in [2.45, 2.75) is 0 Å². The molecule has 2 rings (SSSR count). The van der Waals surface area contributed by atoms with Crippen LogP contribution in [-0.2, 0) is 9.59 Å². The Morgan fingerprint density at radius 2 is 2.06 bits per heavy atom. The summed E-state index contributed by atoms with van der Waals surface area (Å²) in [6.07, 6.45) is 1.69. The normalized spacial score (nSPS) is 10.8. The monoisotopic (exact) mass is 231 g/mol. The molecule has 1 aromatic carbocycles. The molecule has 0 spiro atoms. The molecule has 6 nitrogen and oxygen atoms in total. The number of hydrogen-bond acceptors (Lipinski definition) is 3. The number of nitrogens with zero attached hydrogens (tertiary/aromatic N) is 1. The van der Waals surface area contributed by atoms with Crippen molar-refractivity contribution < 1.29 is 14.7 Å². The predicted molar refractivity (Wildman–Crippen MR) is 61.5 cm³/mol. The molecule has 0 saturated carbocycles. The van der Waals surface area contributed by atoms with E-state index in [0.29, 0.717) is 0 Å². The molecule has 2 aromatic rings. The van der Waals surface area contributed by atoms with E-state index in [1.807, 2.05) is 18.2 Å². The van der Waals surface area contributed by atoms with Gasteiger partial charge in [-0.15, -0.1) is 0 Å². The quantitative estimate of drug-likeness (QED) is 0.690. The summed E-state index contributed by atoms with van der Waals surface area (Å²) in [5.41, 5.74) is 1.52. The first-order valence-electron chi connectivity index (χ1n) is 4.82. The number of rotatable bonds is 3. The number of aliphatic carboxylic acids is 1. The van der Waals surface area contributed by atoms with Gasteiger partial charge in [0.2, 0.25) is 5.95 Å². The largest absolute Gasteiger partial charge is 0.478 e. The number of aromatic nitrogens is 2. The van der Waals surface area contributed by atoms with E-state index in [2.05, 4.69) is 15.3 Å². The van der Waals surface area contributed by atoms with Crippen LogP contribution < -0.4 is 5.32 Å². The minimum atomic E-state index is -1.18. The van der Waals surface area contributed by atoms with E-state index < -0.39 is 11.9 Å². The fourth-order valence-electron chi connectivity index (χ4n) is 1.32. The number of carbonyl (C=O) groups excluding carboxylic acids is 1. The molecular formula is C11H9N3O3. The number of carbonyl (C=O) groups is 2. The molecule has 1 amide bonds. The Labute approximate surface area is 96.0 Å². The predicted octanol–water partition coefficient (Wildman–Crippen LogP) is 1.14. The standard InChI is InChI=1S/C11H9N3O3/c15-9(5-6-10(16)17)14-11-12-7-3-1-2-4-8(7)13-11/h1-6H,(H,16,17)(H2,12,13,14,15)/b6-5-. The number of aromatic amines is 1. The van der Waals surface area contributed by atoms with Crippen LogP contribution >= 0.6 is 0 Å². The average Bonchev–Trinajstić information content (AvgIpc) is 2.68. The van der Waals surface area contributed by atoms with E-state index in [0.717, 1.165) is 23.2 Å². The topological polar surface area (TPSA) is 95.1 Å². The first-order chi connectivity index (χ1) is 8.15. The van der Waals surface area contributed by atoms with Crippen molar-refractivity contribution in [1.82, 2.24) is 9.97 Å². The van der Waals surface area contributed by atoms with Crippen molar-refractivity contribution in [3.63, 3.8) is 0 Å². The van der Waals surface area contributed by atoms with Crippen LogP contribution in [0, 0.1) is 0 Å². The first-order valence-corrected chi connectivity index (χ1v) is 4.82. The summed E-state index contributed by atoms with van der Waals surface area (Å²) in [7, 11) is 0. The molecule has 0 aliphatic rings. The lowest BCUT2D eigenvalue weighted by Gasteiger charge is -1.94. The van der Waals surface area contributed by atoms with Crippen molar-refractivity contribution >= 4 is 28.9 Å². The van der Waals surface area contributed by atoms with Gasteiger partial charge in [-0.1, -0.05) is 12.1 Å². The average molecular weight is 231 g/mol. The summed E-state index contributed by atoms with van der Waals surface area (Å²) in [4.78, 5) is 28.5. The number of imidazole rings is 1. The molecule has 1 heterocycles. The second-order valence-electron chi connectivity index (χ2n) is 3.26. The Kier molecular flexibility index (Phi) is 2.87. The molecule has 0 atom stereocenters. The third-order valence-corrected chi connectivity index (χ3v) is 2.01. The van der Waals surface area contributed by atoms with Crippen molar-refractivity contribution in [3.8, 4) is 0 Å². The van der Waals surface area contributed by atoms with Crippen molar-refractivity contribution in [2.24, 2.45) is 0 Å². The number of carboxylic acids is 1. The van der Waals surface area contributed by atoms with E-state index in [9.17, 15) is 9.59 Å². The minimum absolute atomic E-state index is 0.284. The number of nitrogens with one attached hydrogen (secondary N) is 2. The zero-order valence-electron chi connectivity index (χ0n) is 8.68. The highest BCUT2D eigenvalue weighted by Gasteiger charge is 2.04. The van der Waals surface area contributed by atoms with E-state index >= 15 is 0 Å². The van der Waals surface area contributed by atoms with E-state index in [1.54, 1.807) is 6.07 Å². The molecule has 0 unspecified atom stereocenters. The third kappa shape index (κ3) is 2.69. The number of hydrogen-bond donors (Lipinski definition) is 3. The summed E-state index contributed by atoms with van der Waals surface area (Å²) in [5.74, 6) is -1.44. The molecule has 3 N–H and O–H groups in total. The summed E-state index contributed by atoms with van der Waals surface area (Å²) in [6, 6.07) is 7.30. The molecular weight excluding hydrogens is 222 g/mol. The van der Waals surface area contributed by atoms with Crippen molar-refractivity contribution in [1.29, 1.82) is 0 Å². The molecule has 0 bridgehead atoms. The Morgan fingerprint density at radius 1 is 1.29 bits per heavy atom. The van der Waals surface area contributed by atoms with Gasteiger partial charge in [0, 0.05) is 12.2 Å². The van der Waals surface area contributed by atoms with Crippen LogP contribution in [0.5, 0.6) is 0 Å². The van der Waals surface area contributed by atoms with Crippen molar-refractivity contribution in [2.75, 3.05) is 5.32 Å². The Hall–Kier alpha value is -2.63. The molecule has 0 radical (unpaired) electrons. The van der Waals surface area contributed by atoms with Gasteiger partial charge in [0.05, 0.1) is 11.0 Å². The van der Waals surface area contributed by atoms with E-state index in [1.165, 1.54) is 0 Å². The maximum Gasteiger partial charge on any atom is 0.328 e. The van der Waals surface area contributed by atoms with E-state index in [4.69, 9.17) is 5.11 Å². The maximum atomic E-state index is 11.3. The molecule has 0 saturated heterocycles. The minimum Gasteiger partial charge on any atom is -0.478 e. The van der Waals surface area contributed by atoms with Gasteiger partial charge < -0.3 is 10.1 Å². The molecule has 1 aromatic heterocycles. The van der Waals surface area contributed by atoms with Gasteiger partial charge in [-0.3, -0.25) is 10.1 Å². The van der Waals surface area contributed by atoms with Crippen molar-refractivity contribution in [3.05, 3.63) is 36.4 Å². The van der Waals surface area contributed by atoms with Crippen LogP contribution in [0.3, 0.4) is 0 Å². The number of amides is 1. The smallest absolute Gasteiger partial charge is 0.328 e. The van der Waals surface area contributed by atoms with Crippen LogP contribution in [-0.4, -0.2) is 27.0 Å². The lowest BCUT2D eigenvalue weighted by atomic mass is 10.3. The molecule has 0 aliphatic carbocycles. The van der Waals surface area contributed by atoms with Crippen LogP contribution in [0.1, 0.15) is 0 Å². The number of para-hydroxylation sites is 2. The lowest BCUT2D eigenvalue weighted by Crippen LogP contribution is -2.09. The summed E-state index contributed by atoms with van der Waals surface area (Å²) in [5, 5.41) is 10.8. The van der Waals surface area contributed by atoms with Gasteiger partial charge in [0.1, 0.15) is 0 Å². The van der Waals surface area contributed by atoms with Gasteiger partial charge in [0.25, 0.3) is 5.91 Å². The highest BCUT2D eigenvalue weighted by Crippen LogP contribution is 2.12. The second kappa shape index (κ2) is 4.48. The maximum absolute atomic E-state index is 11.3. The second-order valence-corrected chi connectivity index (χ2v) is 3.26. The first kappa shape index (κ1) is 10.9. The number of H-pyrrole nitrogens is 1. The van der Waals surface area contributed by atoms with Crippen LogP contribution in [0.25, 0.3) is 11.0 Å². The summed E-state index contributed by atoms with van der Waals surface area (Å²) >= 11 is 0. The van der Waals surface area contributed by atoms with Gasteiger partial charge in [-0.05, 0) is 12.1 Å². The van der Waals surface area contributed by atoms with Gasteiger partial charge in [-0.25, -0.2) is 9.78 Å². The Morgan fingerprint density at radius 3 is 2.76 bits per heavy atom. The molecule has 6 heteroatoms. The summed E-state index contributed by atoms with van der Waals surface area (Å²) in [6.45, 7) is 0. The fraction of sp³-hybridized carbons (Fsp3) is 0. The highest BCUT2D eigenvalue weighted by molar-refractivity contribution is 6.02. The number of benzene rings is 1. The molecule has 0 aliphatic heterocycles. The Bertz CT molecular complexity index is 568. The third-order valence-electron chi connectivity index (χ3n) is 2.01. The molecule has 17 heavy (non-hydrogen) atoms. The van der Waals surface area contributed by atoms with Gasteiger partial charge in [-0.2, -0.15) is 0 Å². The Balaban J connectivity index is 2.13. The van der Waals surface area contributed by atoms with Gasteiger partial charge >= 0.3 is 5.97 Å². The number of anilines is 1. The zero-order chi connectivity index (χ0) is 12.3. The van der Waals surface area contributed by atoms with E-state index in [-0.39, 0.29) is 5.95 Å². The lowest BCUT2D eigenvalue weighted by molar-refractivity contribution is -0.131. The summed E-state index contributed by atoms with van der Waals surface area (Å²) < 4.78 is 0. The van der Waals surface area contributed by atoms with Gasteiger partial charge in [0.15, 0.2) is 0 Å². The van der Waals surface area contributed by atoms with Crippen LogP contribution in [0.4, 0.5) is 5.95 Å². The molecule has 86 valence electrons. The zero-order valence-corrected chi connectivity index (χ0v) is 8.68. The molecule has 0 fully saturated rings. The van der Waals surface area contributed by atoms with Crippen LogP contribution in [0.15, 0.2) is 36.4 Å².